The first-order valence-corrected chi connectivity index (χ1v) is 4.75. The predicted molar refractivity (Wildman–Crippen MR) is 52.7 cm³/mol. The van der Waals surface area contributed by atoms with Crippen molar-refractivity contribution < 1.29 is 9.18 Å². The number of carbonyl (C=O) groups is 1. The van der Waals surface area contributed by atoms with Crippen molar-refractivity contribution in [3.05, 3.63) is 29.6 Å². The molecule has 0 atom stereocenters. The lowest BCUT2D eigenvalue weighted by Gasteiger charge is -2.28. The number of fused-ring (bicyclic) bond motifs is 1. The molecule has 1 heterocycles. The molecule has 1 aromatic rings. The number of carbonyl (C=O) groups excluding carboxylic acids is 1. The highest BCUT2D eigenvalue weighted by Gasteiger charge is 2.22. The topological polar surface area (TPSA) is 20.3 Å². The van der Waals surface area contributed by atoms with Gasteiger partial charge in [-0.1, -0.05) is 12.1 Å². The van der Waals surface area contributed by atoms with Gasteiger partial charge in [-0.25, -0.2) is 4.39 Å². The SMILES string of the molecule is CC(=O)N1CCCc2cccc(F)c21. The van der Waals surface area contributed by atoms with Crippen molar-refractivity contribution in [3.8, 4) is 0 Å². The Morgan fingerprint density at radius 3 is 3.00 bits per heavy atom. The maximum Gasteiger partial charge on any atom is 0.223 e. The highest BCUT2D eigenvalue weighted by atomic mass is 19.1. The fourth-order valence-electron chi connectivity index (χ4n) is 1.92. The van der Waals surface area contributed by atoms with E-state index in [-0.39, 0.29) is 11.7 Å². The van der Waals surface area contributed by atoms with E-state index in [9.17, 15) is 9.18 Å². The summed E-state index contributed by atoms with van der Waals surface area (Å²) in [6.07, 6.45) is 1.77. The monoisotopic (exact) mass is 193 g/mol. The summed E-state index contributed by atoms with van der Waals surface area (Å²) < 4.78 is 13.5. The number of benzene rings is 1. The minimum atomic E-state index is -0.294. The molecule has 1 aliphatic heterocycles. The molecule has 1 aromatic carbocycles. The second-order valence-corrected chi connectivity index (χ2v) is 3.52. The fourth-order valence-corrected chi connectivity index (χ4v) is 1.92. The van der Waals surface area contributed by atoms with Gasteiger partial charge in [0.2, 0.25) is 5.91 Å². The summed E-state index contributed by atoms with van der Waals surface area (Å²) in [4.78, 5) is 12.8. The smallest absolute Gasteiger partial charge is 0.223 e. The van der Waals surface area contributed by atoms with Gasteiger partial charge in [0.15, 0.2) is 0 Å². The van der Waals surface area contributed by atoms with Crippen LogP contribution in [0.3, 0.4) is 0 Å². The van der Waals surface area contributed by atoms with Gasteiger partial charge in [0, 0.05) is 13.5 Å². The summed E-state index contributed by atoms with van der Waals surface area (Å²) in [5.74, 6) is -0.381. The molecule has 0 saturated carbocycles. The van der Waals surface area contributed by atoms with E-state index in [0.717, 1.165) is 18.4 Å². The van der Waals surface area contributed by atoms with E-state index in [4.69, 9.17) is 0 Å². The van der Waals surface area contributed by atoms with Crippen LogP contribution in [0, 0.1) is 5.82 Å². The Hall–Kier alpha value is -1.38. The molecule has 0 unspecified atom stereocenters. The van der Waals surface area contributed by atoms with Gasteiger partial charge in [0.05, 0.1) is 5.69 Å². The molecule has 1 aliphatic rings. The summed E-state index contributed by atoms with van der Waals surface area (Å²) in [6, 6.07) is 4.98. The molecule has 14 heavy (non-hydrogen) atoms. The average Bonchev–Trinajstić information content (AvgIpc) is 2.17. The van der Waals surface area contributed by atoms with Crippen LogP contribution >= 0.6 is 0 Å². The number of para-hydroxylation sites is 1. The molecule has 0 saturated heterocycles. The Morgan fingerprint density at radius 1 is 1.50 bits per heavy atom. The van der Waals surface area contributed by atoms with Gasteiger partial charge in [0.1, 0.15) is 5.82 Å². The Balaban J connectivity index is 2.52. The first-order valence-electron chi connectivity index (χ1n) is 4.75. The Kier molecular flexibility index (Phi) is 2.23. The summed E-state index contributed by atoms with van der Waals surface area (Å²) in [5, 5.41) is 0. The van der Waals surface area contributed by atoms with E-state index in [1.54, 1.807) is 6.07 Å². The van der Waals surface area contributed by atoms with E-state index < -0.39 is 0 Å². The molecule has 0 fully saturated rings. The summed E-state index contributed by atoms with van der Waals surface area (Å²) >= 11 is 0. The highest BCUT2D eigenvalue weighted by Crippen LogP contribution is 2.29. The maximum absolute atomic E-state index is 13.5. The Morgan fingerprint density at radius 2 is 2.29 bits per heavy atom. The van der Waals surface area contributed by atoms with E-state index in [1.165, 1.54) is 17.9 Å². The number of halogens is 1. The molecule has 0 N–H and O–H groups in total. The number of aryl methyl sites for hydroxylation is 1. The molecule has 0 bridgehead atoms. The van der Waals surface area contributed by atoms with Crippen LogP contribution in [0.5, 0.6) is 0 Å². The zero-order valence-corrected chi connectivity index (χ0v) is 8.09. The van der Waals surface area contributed by atoms with Crippen molar-refractivity contribution in [1.82, 2.24) is 0 Å². The number of hydrogen-bond acceptors (Lipinski definition) is 1. The van der Waals surface area contributed by atoms with Crippen molar-refractivity contribution in [2.45, 2.75) is 19.8 Å². The van der Waals surface area contributed by atoms with Gasteiger partial charge in [-0.2, -0.15) is 0 Å². The Bertz CT molecular complexity index is 376. The number of hydrogen-bond donors (Lipinski definition) is 0. The molecule has 1 amide bonds. The zero-order valence-electron chi connectivity index (χ0n) is 8.09. The van der Waals surface area contributed by atoms with Crippen molar-refractivity contribution in [2.24, 2.45) is 0 Å². The van der Waals surface area contributed by atoms with Crippen LogP contribution in [0.4, 0.5) is 10.1 Å². The second kappa shape index (κ2) is 3.40. The van der Waals surface area contributed by atoms with Gasteiger partial charge in [0.25, 0.3) is 0 Å². The van der Waals surface area contributed by atoms with Crippen LogP contribution in [-0.2, 0) is 11.2 Å². The molecular weight excluding hydrogens is 181 g/mol. The van der Waals surface area contributed by atoms with Gasteiger partial charge < -0.3 is 4.90 Å². The van der Waals surface area contributed by atoms with E-state index in [2.05, 4.69) is 0 Å². The lowest BCUT2D eigenvalue weighted by atomic mass is 10.0. The van der Waals surface area contributed by atoms with E-state index in [1.807, 2.05) is 6.07 Å². The molecule has 0 aromatic heterocycles. The first-order chi connectivity index (χ1) is 6.70. The summed E-state index contributed by atoms with van der Waals surface area (Å²) in [7, 11) is 0. The minimum absolute atomic E-state index is 0.0870. The largest absolute Gasteiger partial charge is 0.310 e. The van der Waals surface area contributed by atoms with Gasteiger partial charge in [-0.05, 0) is 24.5 Å². The Labute approximate surface area is 82.3 Å². The molecule has 0 aliphatic carbocycles. The fraction of sp³-hybridized carbons (Fsp3) is 0.364. The van der Waals surface area contributed by atoms with Crippen LogP contribution in [0.1, 0.15) is 18.9 Å². The molecular formula is C11H12FNO. The lowest BCUT2D eigenvalue weighted by molar-refractivity contribution is -0.116. The standard InChI is InChI=1S/C11H12FNO/c1-8(14)13-7-3-5-9-4-2-6-10(12)11(9)13/h2,4,6H,3,5,7H2,1H3. The maximum atomic E-state index is 13.5. The number of amides is 1. The molecule has 2 rings (SSSR count). The summed E-state index contributed by atoms with van der Waals surface area (Å²) in [5.41, 5.74) is 1.41. The molecule has 0 spiro atoms. The zero-order chi connectivity index (χ0) is 10.1. The van der Waals surface area contributed by atoms with E-state index >= 15 is 0 Å². The van der Waals surface area contributed by atoms with Crippen LogP contribution in [0.25, 0.3) is 0 Å². The van der Waals surface area contributed by atoms with Crippen LogP contribution in [-0.4, -0.2) is 12.5 Å². The van der Waals surface area contributed by atoms with Gasteiger partial charge in [-0.15, -0.1) is 0 Å². The van der Waals surface area contributed by atoms with Crippen molar-refractivity contribution in [3.63, 3.8) is 0 Å². The second-order valence-electron chi connectivity index (χ2n) is 3.52. The van der Waals surface area contributed by atoms with Crippen LogP contribution < -0.4 is 4.90 Å². The average molecular weight is 193 g/mol. The van der Waals surface area contributed by atoms with Gasteiger partial charge >= 0.3 is 0 Å². The van der Waals surface area contributed by atoms with Crippen LogP contribution in [0.15, 0.2) is 18.2 Å². The number of nitrogens with zero attached hydrogens (tertiary/aromatic N) is 1. The third-order valence-electron chi connectivity index (χ3n) is 2.55. The highest BCUT2D eigenvalue weighted by molar-refractivity contribution is 5.92. The first kappa shape index (κ1) is 9.19. The summed E-state index contributed by atoms with van der Waals surface area (Å²) in [6.45, 7) is 2.10. The van der Waals surface area contributed by atoms with Crippen molar-refractivity contribution in [1.29, 1.82) is 0 Å². The molecule has 74 valence electrons. The minimum Gasteiger partial charge on any atom is -0.310 e. The number of rotatable bonds is 0. The molecule has 2 nitrogen and oxygen atoms in total. The van der Waals surface area contributed by atoms with Crippen LogP contribution in [0.2, 0.25) is 0 Å². The van der Waals surface area contributed by atoms with Gasteiger partial charge in [-0.3, -0.25) is 4.79 Å². The number of anilines is 1. The van der Waals surface area contributed by atoms with E-state index in [0.29, 0.717) is 12.2 Å². The third kappa shape index (κ3) is 1.39. The molecule has 3 heteroatoms. The van der Waals surface area contributed by atoms with Crippen molar-refractivity contribution >= 4 is 11.6 Å². The lowest BCUT2D eigenvalue weighted by Crippen LogP contribution is -2.34. The van der Waals surface area contributed by atoms with Crippen molar-refractivity contribution in [2.75, 3.05) is 11.4 Å². The molecule has 0 radical (unpaired) electrons. The quantitative estimate of drug-likeness (QED) is 0.618. The third-order valence-corrected chi connectivity index (χ3v) is 2.55. The normalized spacial score (nSPS) is 15.1. The predicted octanol–water partition coefficient (Wildman–Crippen LogP) is 2.12.